The third-order valence-corrected chi connectivity index (χ3v) is 4.23. The number of aliphatic hydroxyl groups is 1. The molecule has 3 rings (SSSR count). The summed E-state index contributed by atoms with van der Waals surface area (Å²) in [5, 5.41) is 23.3. The third kappa shape index (κ3) is 5.86. The van der Waals surface area contributed by atoms with Crippen LogP contribution in [0.2, 0.25) is 0 Å². The van der Waals surface area contributed by atoms with E-state index in [2.05, 4.69) is 10.6 Å². The number of pyridine rings is 1. The zero-order chi connectivity index (χ0) is 24.1. The van der Waals surface area contributed by atoms with E-state index in [0.29, 0.717) is 11.8 Å². The number of aliphatic carboxylic acids is 1. The molecule has 172 valence electrons. The van der Waals surface area contributed by atoms with Crippen molar-refractivity contribution >= 4 is 23.3 Å². The number of fused-ring (bicyclic) bond motifs is 1. The van der Waals surface area contributed by atoms with Gasteiger partial charge in [-0.1, -0.05) is 12.1 Å². The molecule has 32 heavy (non-hydrogen) atoms. The van der Waals surface area contributed by atoms with Gasteiger partial charge in [-0.15, -0.1) is 0 Å². The van der Waals surface area contributed by atoms with Gasteiger partial charge in [0, 0.05) is 18.0 Å². The SMILES string of the molecule is CCNC(=O)C1=c2ccn(Cc3ccc(F)cc3)c(=O)c2=C(O)CN1.O=C(O)C(F)(F)F. The van der Waals surface area contributed by atoms with Gasteiger partial charge >= 0.3 is 12.1 Å². The Labute approximate surface area is 178 Å². The Kier molecular flexibility index (Phi) is 7.63. The number of nitrogens with one attached hydrogen (secondary N) is 2. The first kappa shape index (κ1) is 24.4. The molecule has 0 unspecified atom stereocenters. The molecule has 8 nitrogen and oxygen atoms in total. The van der Waals surface area contributed by atoms with Gasteiger partial charge < -0.3 is 25.4 Å². The number of hydrogen-bond acceptors (Lipinski definition) is 5. The fourth-order valence-electron chi connectivity index (χ4n) is 2.78. The number of nitrogens with zero attached hydrogens (tertiary/aromatic N) is 1. The quantitative estimate of drug-likeness (QED) is 0.487. The number of carboxylic acids is 1. The minimum atomic E-state index is -5.08. The van der Waals surface area contributed by atoms with Crippen LogP contribution in [0, 0.1) is 5.82 Å². The number of benzene rings is 1. The lowest BCUT2D eigenvalue weighted by Crippen LogP contribution is -2.54. The topological polar surface area (TPSA) is 121 Å². The Bertz CT molecular complexity index is 1190. The molecule has 0 fully saturated rings. The molecule has 0 atom stereocenters. The second-order valence-corrected chi connectivity index (χ2v) is 6.50. The number of carboxylic acid groups (broad SMARTS) is 1. The highest BCUT2D eigenvalue weighted by Crippen LogP contribution is 2.13. The number of rotatable bonds is 4. The second kappa shape index (κ2) is 9.98. The summed E-state index contributed by atoms with van der Waals surface area (Å²) in [5.41, 5.74) is 0.619. The van der Waals surface area contributed by atoms with Crippen LogP contribution in [-0.2, 0) is 16.1 Å². The lowest BCUT2D eigenvalue weighted by molar-refractivity contribution is -0.192. The lowest BCUT2D eigenvalue weighted by Gasteiger charge is -2.16. The number of carbonyl (C=O) groups excluding carboxylic acids is 1. The fourth-order valence-corrected chi connectivity index (χ4v) is 2.78. The van der Waals surface area contributed by atoms with E-state index in [-0.39, 0.29) is 41.5 Å². The van der Waals surface area contributed by atoms with Gasteiger partial charge in [0.2, 0.25) is 0 Å². The number of amides is 1. The number of aromatic nitrogens is 1. The van der Waals surface area contributed by atoms with Crippen LogP contribution < -0.4 is 26.6 Å². The van der Waals surface area contributed by atoms with Crippen molar-refractivity contribution < 1.29 is 37.4 Å². The van der Waals surface area contributed by atoms with Crippen LogP contribution >= 0.6 is 0 Å². The van der Waals surface area contributed by atoms with E-state index in [1.807, 2.05) is 0 Å². The number of carbonyl (C=O) groups is 2. The Balaban J connectivity index is 0.000000451. The van der Waals surface area contributed by atoms with Gasteiger partial charge in [0.05, 0.1) is 18.3 Å². The van der Waals surface area contributed by atoms with Crippen LogP contribution in [0.5, 0.6) is 0 Å². The lowest BCUT2D eigenvalue weighted by atomic mass is 10.1. The first-order valence-electron chi connectivity index (χ1n) is 9.18. The second-order valence-electron chi connectivity index (χ2n) is 6.50. The monoisotopic (exact) mass is 457 g/mol. The van der Waals surface area contributed by atoms with E-state index in [4.69, 9.17) is 9.90 Å². The van der Waals surface area contributed by atoms with Crippen molar-refractivity contribution in [3.8, 4) is 0 Å². The van der Waals surface area contributed by atoms with Crippen molar-refractivity contribution in [3.63, 3.8) is 0 Å². The third-order valence-electron chi connectivity index (χ3n) is 4.23. The first-order valence-corrected chi connectivity index (χ1v) is 9.18. The fraction of sp³-hybridized carbons (Fsp3) is 0.250. The number of likely N-dealkylation sites (N-methyl/N-ethyl adjacent to an activating group) is 1. The number of hydrogen-bond donors (Lipinski definition) is 4. The van der Waals surface area contributed by atoms with Gasteiger partial charge in [-0.2, -0.15) is 13.2 Å². The van der Waals surface area contributed by atoms with Crippen LogP contribution in [0.3, 0.4) is 0 Å². The maximum Gasteiger partial charge on any atom is 0.490 e. The van der Waals surface area contributed by atoms with Gasteiger partial charge in [-0.05, 0) is 30.7 Å². The summed E-state index contributed by atoms with van der Waals surface area (Å²) in [4.78, 5) is 33.8. The zero-order valence-corrected chi connectivity index (χ0v) is 16.7. The highest BCUT2D eigenvalue weighted by molar-refractivity contribution is 6.12. The van der Waals surface area contributed by atoms with E-state index in [9.17, 15) is 32.3 Å². The highest BCUT2D eigenvalue weighted by Gasteiger charge is 2.38. The van der Waals surface area contributed by atoms with Crippen LogP contribution in [0.1, 0.15) is 12.5 Å². The molecule has 0 saturated carbocycles. The van der Waals surface area contributed by atoms with Crippen LogP contribution in [-0.4, -0.2) is 45.9 Å². The number of alkyl halides is 3. The summed E-state index contributed by atoms with van der Waals surface area (Å²) >= 11 is 0. The van der Waals surface area contributed by atoms with Crippen molar-refractivity contribution in [1.29, 1.82) is 0 Å². The van der Waals surface area contributed by atoms with Crippen LogP contribution in [0.15, 0.2) is 41.3 Å². The smallest absolute Gasteiger partial charge is 0.490 e. The molecular formula is C20H19F4N3O5. The van der Waals surface area contributed by atoms with Crippen LogP contribution in [0.25, 0.3) is 11.5 Å². The molecule has 0 saturated heterocycles. The van der Waals surface area contributed by atoms with Crippen molar-refractivity contribution in [2.75, 3.05) is 13.1 Å². The van der Waals surface area contributed by atoms with E-state index >= 15 is 0 Å². The minimum absolute atomic E-state index is 0.00920. The van der Waals surface area contributed by atoms with E-state index in [0.717, 1.165) is 5.56 Å². The maximum absolute atomic E-state index is 13.0. The molecule has 1 aromatic carbocycles. The normalized spacial score (nSPS) is 12.8. The summed E-state index contributed by atoms with van der Waals surface area (Å²) in [6, 6.07) is 7.46. The Morgan fingerprint density at radius 1 is 1.19 bits per heavy atom. The van der Waals surface area contributed by atoms with Gasteiger partial charge in [0.15, 0.2) is 0 Å². The predicted molar refractivity (Wildman–Crippen MR) is 105 cm³/mol. The van der Waals surface area contributed by atoms with E-state index < -0.39 is 17.7 Å². The molecule has 1 aromatic heterocycles. The Morgan fingerprint density at radius 2 is 1.78 bits per heavy atom. The Hall–Kier alpha value is -3.83. The summed E-state index contributed by atoms with van der Waals surface area (Å²) in [6.45, 7) is 2.50. The maximum atomic E-state index is 13.0. The van der Waals surface area contributed by atoms with Gasteiger partial charge in [0.25, 0.3) is 11.5 Å². The Morgan fingerprint density at radius 3 is 2.31 bits per heavy atom. The number of halogens is 4. The molecule has 0 bridgehead atoms. The van der Waals surface area contributed by atoms with E-state index in [1.165, 1.54) is 16.7 Å². The molecule has 4 N–H and O–H groups in total. The molecule has 12 heteroatoms. The molecule has 0 spiro atoms. The molecule has 2 aromatic rings. The molecule has 1 aliphatic rings. The van der Waals surface area contributed by atoms with Gasteiger partial charge in [-0.3, -0.25) is 9.59 Å². The molecule has 1 amide bonds. The van der Waals surface area contributed by atoms with Crippen molar-refractivity contribution in [2.45, 2.75) is 19.6 Å². The summed E-state index contributed by atoms with van der Waals surface area (Å²) < 4.78 is 46.2. The predicted octanol–water partition coefficient (Wildman–Crippen LogP) is 0.183. The highest BCUT2D eigenvalue weighted by atomic mass is 19.4. The number of aliphatic hydroxyl groups excluding tert-OH is 1. The van der Waals surface area contributed by atoms with Crippen molar-refractivity contribution in [3.05, 3.63) is 68.7 Å². The van der Waals surface area contributed by atoms with Gasteiger partial charge in [-0.25, -0.2) is 9.18 Å². The van der Waals surface area contributed by atoms with Crippen molar-refractivity contribution in [2.24, 2.45) is 0 Å². The van der Waals surface area contributed by atoms with Crippen LogP contribution in [0.4, 0.5) is 17.6 Å². The molecule has 0 aliphatic carbocycles. The summed E-state index contributed by atoms with van der Waals surface area (Å²) in [6.07, 6.45) is -3.52. The summed E-state index contributed by atoms with van der Waals surface area (Å²) in [7, 11) is 0. The minimum Gasteiger partial charge on any atom is -0.510 e. The standard InChI is InChI=1S/C18H18FN3O3.C2HF3O2/c1-2-20-17(24)16-13-7-8-22(10-11-3-5-12(19)6-4-11)18(25)15(13)14(23)9-21-16;3-2(4,5)1(6)7/h3-8,21,23H,2,9-10H2,1H3,(H,20,24);(H,6,7). The molecule has 0 radical (unpaired) electrons. The van der Waals surface area contributed by atoms with E-state index in [1.54, 1.807) is 31.3 Å². The summed E-state index contributed by atoms with van der Waals surface area (Å²) in [5.74, 6) is -3.54. The first-order chi connectivity index (χ1) is 15.0. The van der Waals surface area contributed by atoms with Gasteiger partial charge in [0.1, 0.15) is 17.3 Å². The average molecular weight is 457 g/mol. The largest absolute Gasteiger partial charge is 0.510 e. The molecular weight excluding hydrogens is 438 g/mol. The van der Waals surface area contributed by atoms with Crippen molar-refractivity contribution in [1.82, 2.24) is 15.2 Å². The zero-order valence-electron chi connectivity index (χ0n) is 16.7. The molecule has 2 heterocycles. The average Bonchev–Trinajstić information content (AvgIpc) is 2.71. The molecule has 1 aliphatic heterocycles.